The normalized spacial score (nSPS) is 32.1. The molecule has 0 bridgehead atoms. The van der Waals surface area contributed by atoms with Gasteiger partial charge < -0.3 is 5.11 Å². The highest BCUT2D eigenvalue weighted by Crippen LogP contribution is 2.26. The van der Waals surface area contributed by atoms with Gasteiger partial charge in [0.05, 0.1) is 0 Å². The third-order valence-corrected chi connectivity index (χ3v) is 3.48. The predicted molar refractivity (Wildman–Crippen MR) is 57.5 cm³/mol. The van der Waals surface area contributed by atoms with Crippen molar-refractivity contribution < 1.29 is 14.7 Å². The summed E-state index contributed by atoms with van der Waals surface area (Å²) in [4.78, 5) is 23.3. The molecule has 0 spiro atoms. The summed E-state index contributed by atoms with van der Waals surface area (Å²) in [6, 6.07) is -0.651. The van der Waals surface area contributed by atoms with Crippen LogP contribution in [-0.2, 0) is 9.59 Å². The van der Waals surface area contributed by atoms with E-state index in [1.54, 1.807) is 0 Å². The number of carboxylic acids is 1. The Morgan fingerprint density at radius 2 is 1.94 bits per heavy atom. The van der Waals surface area contributed by atoms with Gasteiger partial charge in [0.2, 0.25) is 5.91 Å². The largest absolute Gasteiger partial charge is 0.480 e. The molecule has 16 heavy (non-hydrogen) atoms. The number of nitrogens with zero attached hydrogens (tertiary/aromatic N) is 2. The number of hydrogen-bond donors (Lipinski definition) is 1. The Morgan fingerprint density at radius 1 is 1.31 bits per heavy atom. The number of carboxylic acid groups (broad SMARTS) is 1. The van der Waals surface area contributed by atoms with Gasteiger partial charge in [-0.05, 0) is 25.7 Å². The maximum Gasteiger partial charge on any atom is 0.328 e. The second-order valence-electron chi connectivity index (χ2n) is 4.68. The van der Waals surface area contributed by atoms with E-state index in [9.17, 15) is 9.59 Å². The zero-order chi connectivity index (χ0) is 11.7. The SMILES string of the molecule is C[C@H]1CCCN2CCCC(C(=O)O)N2C1=O. The van der Waals surface area contributed by atoms with Crippen LogP contribution in [0.5, 0.6) is 0 Å². The maximum atomic E-state index is 12.1. The number of rotatable bonds is 1. The summed E-state index contributed by atoms with van der Waals surface area (Å²) in [5.41, 5.74) is 0. The Kier molecular flexibility index (Phi) is 3.14. The molecule has 0 aromatic rings. The molecule has 2 saturated heterocycles. The van der Waals surface area contributed by atoms with E-state index in [1.165, 1.54) is 5.01 Å². The fourth-order valence-corrected chi connectivity index (χ4v) is 2.56. The summed E-state index contributed by atoms with van der Waals surface area (Å²) in [5.74, 6) is -0.957. The highest BCUT2D eigenvalue weighted by molar-refractivity contribution is 5.84. The number of carbonyl (C=O) groups excluding carboxylic acids is 1. The van der Waals surface area contributed by atoms with Gasteiger partial charge >= 0.3 is 5.97 Å². The molecule has 2 rings (SSSR count). The summed E-state index contributed by atoms with van der Waals surface area (Å²) in [6.45, 7) is 3.50. The Labute approximate surface area is 95.0 Å². The van der Waals surface area contributed by atoms with Crippen molar-refractivity contribution in [3.63, 3.8) is 0 Å². The lowest BCUT2D eigenvalue weighted by Crippen LogP contribution is -2.58. The second kappa shape index (κ2) is 4.41. The predicted octanol–water partition coefficient (Wildman–Crippen LogP) is 0.709. The van der Waals surface area contributed by atoms with Crippen molar-refractivity contribution in [3.8, 4) is 0 Å². The van der Waals surface area contributed by atoms with Gasteiger partial charge in [0.15, 0.2) is 0 Å². The number of aliphatic carboxylic acids is 1. The molecule has 2 atom stereocenters. The van der Waals surface area contributed by atoms with E-state index < -0.39 is 12.0 Å². The van der Waals surface area contributed by atoms with Crippen LogP contribution in [0.1, 0.15) is 32.6 Å². The zero-order valence-electron chi connectivity index (χ0n) is 9.56. The van der Waals surface area contributed by atoms with E-state index in [0.29, 0.717) is 6.42 Å². The fraction of sp³-hybridized carbons (Fsp3) is 0.818. The molecular weight excluding hydrogens is 208 g/mol. The number of fused-ring (bicyclic) bond motifs is 1. The molecule has 1 unspecified atom stereocenters. The first kappa shape index (κ1) is 11.4. The lowest BCUT2D eigenvalue weighted by atomic mass is 10.0. The van der Waals surface area contributed by atoms with E-state index in [-0.39, 0.29) is 11.8 Å². The highest BCUT2D eigenvalue weighted by Gasteiger charge is 2.40. The van der Waals surface area contributed by atoms with Gasteiger partial charge in [0.25, 0.3) is 0 Å². The van der Waals surface area contributed by atoms with Crippen molar-refractivity contribution in [3.05, 3.63) is 0 Å². The first-order valence-corrected chi connectivity index (χ1v) is 5.92. The Morgan fingerprint density at radius 3 is 2.56 bits per heavy atom. The van der Waals surface area contributed by atoms with Crippen LogP contribution >= 0.6 is 0 Å². The van der Waals surface area contributed by atoms with Crippen LogP contribution in [0, 0.1) is 5.92 Å². The van der Waals surface area contributed by atoms with Gasteiger partial charge in [-0.2, -0.15) is 0 Å². The summed E-state index contributed by atoms with van der Waals surface area (Å²) in [7, 11) is 0. The van der Waals surface area contributed by atoms with Crippen LogP contribution in [0.3, 0.4) is 0 Å². The lowest BCUT2D eigenvalue weighted by molar-refractivity contribution is -0.175. The molecule has 2 heterocycles. The Bertz CT molecular complexity index is 306. The van der Waals surface area contributed by atoms with Gasteiger partial charge in [0, 0.05) is 19.0 Å². The lowest BCUT2D eigenvalue weighted by Gasteiger charge is -2.41. The first-order valence-electron chi connectivity index (χ1n) is 5.92. The number of hydrazine groups is 1. The van der Waals surface area contributed by atoms with E-state index in [2.05, 4.69) is 0 Å². The van der Waals surface area contributed by atoms with Crippen molar-refractivity contribution in [2.75, 3.05) is 13.1 Å². The maximum absolute atomic E-state index is 12.1. The average Bonchev–Trinajstić information content (AvgIpc) is 2.40. The molecular formula is C11H18N2O3. The minimum atomic E-state index is -0.882. The first-order chi connectivity index (χ1) is 7.61. The highest BCUT2D eigenvalue weighted by atomic mass is 16.4. The van der Waals surface area contributed by atoms with E-state index >= 15 is 0 Å². The monoisotopic (exact) mass is 226 g/mol. The molecule has 90 valence electrons. The molecule has 0 radical (unpaired) electrons. The van der Waals surface area contributed by atoms with Crippen molar-refractivity contribution in [1.82, 2.24) is 10.0 Å². The van der Waals surface area contributed by atoms with E-state index in [0.717, 1.165) is 32.4 Å². The minimum absolute atomic E-state index is 0.0235. The van der Waals surface area contributed by atoms with Crippen LogP contribution in [0.15, 0.2) is 0 Å². The Balaban J connectivity index is 2.25. The van der Waals surface area contributed by atoms with Gasteiger partial charge in [-0.3, -0.25) is 9.80 Å². The second-order valence-corrected chi connectivity index (χ2v) is 4.68. The van der Waals surface area contributed by atoms with Gasteiger partial charge in [-0.25, -0.2) is 9.80 Å². The molecule has 2 aliphatic heterocycles. The minimum Gasteiger partial charge on any atom is -0.480 e. The van der Waals surface area contributed by atoms with Crippen LogP contribution in [0.25, 0.3) is 0 Å². The summed E-state index contributed by atoms with van der Waals surface area (Å²) < 4.78 is 0. The van der Waals surface area contributed by atoms with E-state index in [4.69, 9.17) is 5.11 Å². The molecule has 2 aliphatic rings. The van der Waals surface area contributed by atoms with Gasteiger partial charge in [-0.15, -0.1) is 0 Å². The number of amides is 1. The fourth-order valence-electron chi connectivity index (χ4n) is 2.56. The van der Waals surface area contributed by atoms with Gasteiger partial charge in [-0.1, -0.05) is 6.92 Å². The Hall–Kier alpha value is -1.10. The molecule has 0 aromatic heterocycles. The van der Waals surface area contributed by atoms with Crippen molar-refractivity contribution in [1.29, 1.82) is 0 Å². The van der Waals surface area contributed by atoms with Crippen LogP contribution < -0.4 is 0 Å². The van der Waals surface area contributed by atoms with Crippen LogP contribution in [0.4, 0.5) is 0 Å². The summed E-state index contributed by atoms with van der Waals surface area (Å²) >= 11 is 0. The summed E-state index contributed by atoms with van der Waals surface area (Å²) in [5, 5.41) is 12.6. The molecule has 0 saturated carbocycles. The van der Waals surface area contributed by atoms with Crippen molar-refractivity contribution in [2.24, 2.45) is 5.92 Å². The third kappa shape index (κ3) is 1.91. The van der Waals surface area contributed by atoms with Crippen LogP contribution in [0.2, 0.25) is 0 Å². The van der Waals surface area contributed by atoms with Crippen molar-refractivity contribution >= 4 is 11.9 Å². The zero-order valence-corrected chi connectivity index (χ0v) is 9.56. The molecule has 1 amide bonds. The third-order valence-electron chi connectivity index (χ3n) is 3.48. The number of hydrogen-bond acceptors (Lipinski definition) is 3. The molecule has 0 aliphatic carbocycles. The molecule has 5 heteroatoms. The molecule has 5 nitrogen and oxygen atoms in total. The standard InChI is InChI=1S/C11H18N2O3/c1-8-4-2-6-12-7-3-5-9(11(15)16)13(12)10(8)14/h8-9H,2-7H2,1H3,(H,15,16)/t8-,9?/m0/s1. The quantitative estimate of drug-likeness (QED) is 0.715. The van der Waals surface area contributed by atoms with Gasteiger partial charge in [0.1, 0.15) is 6.04 Å². The average molecular weight is 226 g/mol. The number of carbonyl (C=O) groups is 2. The van der Waals surface area contributed by atoms with Crippen LogP contribution in [-0.4, -0.2) is 46.1 Å². The molecule has 2 fully saturated rings. The smallest absolute Gasteiger partial charge is 0.328 e. The summed E-state index contributed by atoms with van der Waals surface area (Å²) in [6.07, 6.45) is 3.26. The molecule has 1 N–H and O–H groups in total. The van der Waals surface area contributed by atoms with Crippen molar-refractivity contribution in [2.45, 2.75) is 38.6 Å². The topological polar surface area (TPSA) is 60.9 Å². The molecule has 0 aromatic carbocycles. The van der Waals surface area contributed by atoms with E-state index in [1.807, 2.05) is 11.9 Å².